The standard InChI is InChI=1S/C36H56O13/c1-18-31(49-32-30(41)29(40)28(39)25(16-37)48-32)24(44-4)14-27(46-18)47-20-5-9-33(2)22-6-10-34(3)21(19-13-26(38)45-17-19)8-12-36(34,43)23(22)7-11-35(33,42)15-20/h13,18,20-25,27-32,37,39-43H,5-12,14-17H2,1-4H3/t18?,20?,21?,22?,23?,24?,25?,27?,28?,29?,30?,31?,32?,33-,34-,35?,36?/m1/s1. The van der Waals surface area contributed by atoms with Gasteiger partial charge >= 0.3 is 5.97 Å². The van der Waals surface area contributed by atoms with E-state index in [0.29, 0.717) is 32.3 Å². The lowest BCUT2D eigenvalue weighted by molar-refractivity contribution is -0.347. The van der Waals surface area contributed by atoms with Crippen LogP contribution in [-0.4, -0.2) is 130 Å². The fourth-order valence-corrected chi connectivity index (χ4v) is 11.5. The second-order valence-electron chi connectivity index (χ2n) is 16.6. The van der Waals surface area contributed by atoms with E-state index >= 15 is 0 Å². The van der Waals surface area contributed by atoms with Crippen molar-refractivity contribution < 1.29 is 63.9 Å². The average molecular weight is 697 g/mol. The van der Waals surface area contributed by atoms with Gasteiger partial charge < -0.3 is 59.1 Å². The summed E-state index contributed by atoms with van der Waals surface area (Å²) in [6.07, 6.45) is -1.10. The van der Waals surface area contributed by atoms with Gasteiger partial charge in [0.15, 0.2) is 12.6 Å². The molecule has 0 amide bonds. The van der Waals surface area contributed by atoms with Crippen LogP contribution in [0.5, 0.6) is 0 Å². The highest BCUT2D eigenvalue weighted by molar-refractivity contribution is 5.85. The summed E-state index contributed by atoms with van der Waals surface area (Å²) in [4.78, 5) is 11.9. The van der Waals surface area contributed by atoms with E-state index in [4.69, 9.17) is 28.4 Å². The maximum Gasteiger partial charge on any atom is 0.331 e. The zero-order valence-electron chi connectivity index (χ0n) is 29.1. The number of aliphatic hydroxyl groups excluding tert-OH is 4. The number of ether oxygens (including phenoxy) is 6. The van der Waals surface area contributed by atoms with Crippen LogP contribution < -0.4 is 0 Å². The third-order valence-electron chi connectivity index (χ3n) is 14.5. The summed E-state index contributed by atoms with van der Waals surface area (Å²) in [5.74, 6) is 0.0783. The van der Waals surface area contributed by atoms with Crippen LogP contribution in [0.3, 0.4) is 0 Å². The van der Waals surface area contributed by atoms with E-state index in [2.05, 4.69) is 13.8 Å². The Morgan fingerprint density at radius 3 is 2.33 bits per heavy atom. The summed E-state index contributed by atoms with van der Waals surface area (Å²) in [6.45, 7) is 5.98. The molecule has 0 aromatic heterocycles. The summed E-state index contributed by atoms with van der Waals surface area (Å²) < 4.78 is 35.4. The third-order valence-corrected chi connectivity index (χ3v) is 14.5. The number of esters is 1. The monoisotopic (exact) mass is 696 g/mol. The highest BCUT2D eigenvalue weighted by Crippen LogP contribution is 2.70. The molecular formula is C36H56O13. The van der Waals surface area contributed by atoms with Crippen LogP contribution in [0.4, 0.5) is 0 Å². The molecule has 6 N–H and O–H groups in total. The van der Waals surface area contributed by atoms with E-state index in [1.165, 1.54) is 0 Å². The maximum absolute atomic E-state index is 12.5. The van der Waals surface area contributed by atoms with E-state index in [-0.39, 0.29) is 40.7 Å². The number of aliphatic hydroxyl groups is 6. The van der Waals surface area contributed by atoms with Crippen molar-refractivity contribution in [2.24, 2.45) is 28.6 Å². The minimum Gasteiger partial charge on any atom is -0.458 e. The van der Waals surface area contributed by atoms with Gasteiger partial charge in [-0.2, -0.15) is 0 Å². The number of rotatable bonds is 7. The molecule has 7 aliphatic rings. The first-order chi connectivity index (χ1) is 23.2. The van der Waals surface area contributed by atoms with Crippen LogP contribution in [0, 0.1) is 28.6 Å². The van der Waals surface area contributed by atoms with Gasteiger partial charge in [-0.05, 0) is 87.0 Å². The molecule has 13 nitrogen and oxygen atoms in total. The largest absolute Gasteiger partial charge is 0.458 e. The van der Waals surface area contributed by atoms with Gasteiger partial charge in [0.05, 0.1) is 36.1 Å². The highest BCUT2D eigenvalue weighted by atomic mass is 16.7. The predicted octanol–water partition coefficient (Wildman–Crippen LogP) is 1.08. The Kier molecular flexibility index (Phi) is 9.60. The molecule has 17 atom stereocenters. The van der Waals surface area contributed by atoms with E-state index in [1.54, 1.807) is 20.1 Å². The van der Waals surface area contributed by atoms with E-state index < -0.39 is 73.1 Å². The van der Waals surface area contributed by atoms with Gasteiger partial charge in [0.2, 0.25) is 0 Å². The fourth-order valence-electron chi connectivity index (χ4n) is 11.5. The number of hydrogen-bond donors (Lipinski definition) is 6. The molecule has 7 rings (SSSR count). The van der Waals surface area contributed by atoms with Crippen LogP contribution >= 0.6 is 0 Å². The number of carbonyl (C=O) groups is 1. The van der Waals surface area contributed by atoms with Gasteiger partial charge in [-0.3, -0.25) is 0 Å². The Hall–Kier alpha value is -1.23. The molecule has 4 aliphatic carbocycles. The van der Waals surface area contributed by atoms with Crippen molar-refractivity contribution >= 4 is 5.97 Å². The summed E-state index contributed by atoms with van der Waals surface area (Å²) in [7, 11) is 1.55. The number of methoxy groups -OCH3 is 1. The van der Waals surface area contributed by atoms with Gasteiger partial charge in [-0.25, -0.2) is 4.79 Å². The van der Waals surface area contributed by atoms with Crippen molar-refractivity contribution in [1.82, 2.24) is 0 Å². The molecule has 3 aliphatic heterocycles. The Balaban J connectivity index is 0.994. The minimum atomic E-state index is -1.56. The second kappa shape index (κ2) is 13.0. The molecule has 0 spiro atoms. The van der Waals surface area contributed by atoms with E-state index in [9.17, 15) is 35.4 Å². The molecule has 0 radical (unpaired) electrons. The molecule has 0 bridgehead atoms. The topological polar surface area (TPSA) is 194 Å². The number of carbonyl (C=O) groups excluding carboxylic acids is 1. The molecule has 2 saturated heterocycles. The van der Waals surface area contributed by atoms with Crippen molar-refractivity contribution in [3.63, 3.8) is 0 Å². The zero-order valence-corrected chi connectivity index (χ0v) is 29.1. The van der Waals surface area contributed by atoms with Crippen molar-refractivity contribution in [3.05, 3.63) is 11.6 Å². The molecule has 6 fully saturated rings. The molecule has 13 heteroatoms. The summed E-state index contributed by atoms with van der Waals surface area (Å²) in [6, 6.07) is 0. The van der Waals surface area contributed by atoms with Crippen LogP contribution in [0.25, 0.3) is 0 Å². The molecule has 4 saturated carbocycles. The Morgan fingerprint density at radius 1 is 0.898 bits per heavy atom. The van der Waals surface area contributed by atoms with E-state index in [0.717, 1.165) is 44.1 Å². The second-order valence-corrected chi connectivity index (χ2v) is 16.6. The first kappa shape index (κ1) is 36.1. The van der Waals surface area contributed by atoms with Gasteiger partial charge in [0, 0.05) is 31.4 Å². The number of fused-ring (bicyclic) bond motifs is 5. The van der Waals surface area contributed by atoms with Crippen LogP contribution in [0.15, 0.2) is 11.6 Å². The lowest BCUT2D eigenvalue weighted by Crippen LogP contribution is -2.67. The predicted molar refractivity (Wildman–Crippen MR) is 170 cm³/mol. The number of cyclic esters (lactones) is 1. The van der Waals surface area contributed by atoms with E-state index in [1.807, 2.05) is 0 Å². The zero-order chi connectivity index (χ0) is 35.1. The van der Waals surface area contributed by atoms with Gasteiger partial charge in [0.1, 0.15) is 37.1 Å². The minimum absolute atomic E-state index is 0.0724. The number of hydrogen-bond acceptors (Lipinski definition) is 13. The first-order valence-corrected chi connectivity index (χ1v) is 18.3. The fraction of sp³-hybridized carbons (Fsp3) is 0.917. The first-order valence-electron chi connectivity index (χ1n) is 18.3. The van der Waals surface area contributed by atoms with Gasteiger partial charge in [0.25, 0.3) is 0 Å². The Labute approximate surface area is 287 Å². The van der Waals surface area contributed by atoms with Gasteiger partial charge in [-0.15, -0.1) is 0 Å². The lowest BCUT2D eigenvalue weighted by atomic mass is 9.42. The quantitative estimate of drug-likeness (QED) is 0.164. The van der Waals surface area contributed by atoms with Crippen LogP contribution in [0.2, 0.25) is 0 Å². The van der Waals surface area contributed by atoms with Crippen LogP contribution in [0.1, 0.15) is 85.0 Å². The molecule has 0 aromatic rings. The van der Waals surface area contributed by atoms with Crippen molar-refractivity contribution in [1.29, 1.82) is 0 Å². The normalized spacial score (nSPS) is 54.4. The molecule has 49 heavy (non-hydrogen) atoms. The molecular weight excluding hydrogens is 640 g/mol. The molecule has 278 valence electrons. The molecule has 0 aromatic carbocycles. The van der Waals surface area contributed by atoms with Gasteiger partial charge in [-0.1, -0.05) is 13.8 Å². The third kappa shape index (κ3) is 5.65. The smallest absolute Gasteiger partial charge is 0.331 e. The van der Waals surface area contributed by atoms with Crippen LogP contribution in [-0.2, 0) is 33.2 Å². The van der Waals surface area contributed by atoms with Crippen molar-refractivity contribution in [3.8, 4) is 0 Å². The Bertz CT molecular complexity index is 1280. The molecule has 3 heterocycles. The molecule has 15 unspecified atom stereocenters. The average Bonchev–Trinajstić information content (AvgIpc) is 3.61. The van der Waals surface area contributed by atoms with Crippen molar-refractivity contribution in [2.75, 3.05) is 20.3 Å². The maximum atomic E-state index is 12.5. The van der Waals surface area contributed by atoms with Crippen molar-refractivity contribution in [2.45, 2.75) is 158 Å². The summed E-state index contributed by atoms with van der Waals surface area (Å²) in [5.41, 5.74) is -1.52. The Morgan fingerprint density at radius 2 is 1.63 bits per heavy atom. The lowest BCUT2D eigenvalue weighted by Gasteiger charge is -2.66. The summed E-state index contributed by atoms with van der Waals surface area (Å²) >= 11 is 0. The highest BCUT2D eigenvalue weighted by Gasteiger charge is 2.70. The summed E-state index contributed by atoms with van der Waals surface area (Å²) in [5, 5.41) is 65.4. The SMILES string of the molecule is COC1CC(OC2CC[C@]3(C)C4CC[C@]5(C)C(C6=CC(=O)OC6)CCC5(O)C4CCC3(O)C2)OC(C)C1OC1OC(CO)C(O)C(O)C1O.